The zero-order valence-corrected chi connectivity index (χ0v) is 11.0. The normalized spacial score (nSPS) is 11.9. The Labute approximate surface area is 107 Å². The van der Waals surface area contributed by atoms with Gasteiger partial charge in [0, 0.05) is 18.7 Å². The van der Waals surface area contributed by atoms with Crippen molar-refractivity contribution in [3.8, 4) is 0 Å². The van der Waals surface area contributed by atoms with Crippen molar-refractivity contribution < 1.29 is 14.7 Å². The smallest absolute Gasteiger partial charge is 0.308 e. The van der Waals surface area contributed by atoms with E-state index in [2.05, 4.69) is 0 Å². The van der Waals surface area contributed by atoms with Gasteiger partial charge in [-0.25, -0.2) is 0 Å². The molecule has 4 heteroatoms. The first-order valence-corrected chi connectivity index (χ1v) is 6.04. The summed E-state index contributed by atoms with van der Waals surface area (Å²) < 4.78 is 0. The molecule has 0 fully saturated rings. The first-order chi connectivity index (χ1) is 8.45. The molecular weight excluding hydrogens is 230 g/mol. The van der Waals surface area contributed by atoms with Crippen molar-refractivity contribution >= 4 is 11.9 Å². The zero-order chi connectivity index (χ0) is 13.7. The van der Waals surface area contributed by atoms with Gasteiger partial charge in [0.25, 0.3) is 5.91 Å². The SMILES string of the molecule is CCN(C[C@@H](C)C(=O)O)C(=O)c1cccc(C)c1. The van der Waals surface area contributed by atoms with E-state index in [9.17, 15) is 9.59 Å². The number of amides is 1. The lowest BCUT2D eigenvalue weighted by Gasteiger charge is -2.23. The molecule has 1 atom stereocenters. The van der Waals surface area contributed by atoms with E-state index >= 15 is 0 Å². The molecule has 0 spiro atoms. The maximum Gasteiger partial charge on any atom is 0.308 e. The van der Waals surface area contributed by atoms with Crippen LogP contribution in [0.25, 0.3) is 0 Å². The molecule has 1 N–H and O–H groups in total. The number of carbonyl (C=O) groups excluding carboxylic acids is 1. The summed E-state index contributed by atoms with van der Waals surface area (Å²) in [5, 5.41) is 8.88. The Morgan fingerprint density at radius 3 is 2.56 bits per heavy atom. The van der Waals surface area contributed by atoms with E-state index in [1.54, 1.807) is 17.9 Å². The summed E-state index contributed by atoms with van der Waals surface area (Å²) >= 11 is 0. The lowest BCUT2D eigenvalue weighted by molar-refractivity contribution is -0.141. The zero-order valence-electron chi connectivity index (χ0n) is 11.0. The Kier molecular flexibility index (Phi) is 4.89. The quantitative estimate of drug-likeness (QED) is 0.870. The van der Waals surface area contributed by atoms with Gasteiger partial charge in [0.2, 0.25) is 0 Å². The number of nitrogens with zero attached hydrogens (tertiary/aromatic N) is 1. The number of hydrogen-bond donors (Lipinski definition) is 1. The minimum absolute atomic E-state index is 0.116. The van der Waals surface area contributed by atoms with Crippen LogP contribution in [0.4, 0.5) is 0 Å². The Morgan fingerprint density at radius 1 is 1.39 bits per heavy atom. The first kappa shape index (κ1) is 14.2. The van der Waals surface area contributed by atoms with Crippen LogP contribution < -0.4 is 0 Å². The summed E-state index contributed by atoms with van der Waals surface area (Å²) in [5.74, 6) is -1.56. The molecule has 0 aliphatic heterocycles. The van der Waals surface area contributed by atoms with Gasteiger partial charge in [0.05, 0.1) is 5.92 Å². The first-order valence-electron chi connectivity index (χ1n) is 6.04. The fourth-order valence-electron chi connectivity index (χ4n) is 1.72. The van der Waals surface area contributed by atoms with Crippen LogP contribution in [-0.4, -0.2) is 35.0 Å². The molecule has 98 valence electrons. The molecule has 0 aliphatic carbocycles. The third kappa shape index (κ3) is 3.58. The van der Waals surface area contributed by atoms with E-state index in [0.29, 0.717) is 12.1 Å². The van der Waals surface area contributed by atoms with Gasteiger partial charge in [0.1, 0.15) is 0 Å². The summed E-state index contributed by atoms with van der Waals surface area (Å²) in [6, 6.07) is 7.32. The predicted molar refractivity (Wildman–Crippen MR) is 69.6 cm³/mol. The molecule has 0 saturated heterocycles. The van der Waals surface area contributed by atoms with E-state index in [4.69, 9.17) is 5.11 Å². The molecule has 18 heavy (non-hydrogen) atoms. The fourth-order valence-corrected chi connectivity index (χ4v) is 1.72. The van der Waals surface area contributed by atoms with Crippen molar-refractivity contribution in [2.45, 2.75) is 20.8 Å². The monoisotopic (exact) mass is 249 g/mol. The van der Waals surface area contributed by atoms with Gasteiger partial charge in [-0.1, -0.05) is 24.6 Å². The van der Waals surface area contributed by atoms with E-state index in [-0.39, 0.29) is 12.5 Å². The molecule has 0 aromatic heterocycles. The van der Waals surface area contributed by atoms with Crippen molar-refractivity contribution in [2.24, 2.45) is 5.92 Å². The van der Waals surface area contributed by atoms with Crippen molar-refractivity contribution in [1.29, 1.82) is 0 Å². The van der Waals surface area contributed by atoms with Crippen molar-refractivity contribution in [3.05, 3.63) is 35.4 Å². The Balaban J connectivity index is 2.82. The number of carbonyl (C=O) groups is 2. The highest BCUT2D eigenvalue weighted by Gasteiger charge is 2.20. The van der Waals surface area contributed by atoms with Crippen molar-refractivity contribution in [3.63, 3.8) is 0 Å². The molecule has 1 amide bonds. The number of carboxylic acid groups (broad SMARTS) is 1. The van der Waals surface area contributed by atoms with Crippen LogP contribution in [0, 0.1) is 12.8 Å². The summed E-state index contributed by atoms with van der Waals surface area (Å²) in [7, 11) is 0. The van der Waals surface area contributed by atoms with Crippen molar-refractivity contribution in [1.82, 2.24) is 4.90 Å². The van der Waals surface area contributed by atoms with Gasteiger partial charge in [0.15, 0.2) is 0 Å². The van der Waals surface area contributed by atoms with E-state index in [0.717, 1.165) is 5.56 Å². The number of carboxylic acids is 1. The molecular formula is C14H19NO3. The molecule has 0 saturated carbocycles. The van der Waals surface area contributed by atoms with Crippen LogP contribution in [0.5, 0.6) is 0 Å². The Hall–Kier alpha value is -1.84. The van der Waals surface area contributed by atoms with Gasteiger partial charge in [-0.3, -0.25) is 9.59 Å². The molecule has 4 nitrogen and oxygen atoms in total. The van der Waals surface area contributed by atoms with Gasteiger partial charge < -0.3 is 10.0 Å². The minimum Gasteiger partial charge on any atom is -0.481 e. The number of benzene rings is 1. The largest absolute Gasteiger partial charge is 0.481 e. The van der Waals surface area contributed by atoms with Crippen LogP contribution in [-0.2, 0) is 4.79 Å². The second-order valence-corrected chi connectivity index (χ2v) is 4.45. The molecule has 1 aromatic carbocycles. The highest BCUT2D eigenvalue weighted by atomic mass is 16.4. The van der Waals surface area contributed by atoms with Crippen LogP contribution in [0.2, 0.25) is 0 Å². The fraction of sp³-hybridized carbons (Fsp3) is 0.429. The van der Waals surface area contributed by atoms with Gasteiger partial charge in [-0.15, -0.1) is 0 Å². The standard InChI is InChI=1S/C14H19NO3/c1-4-15(9-11(3)14(17)18)13(16)12-7-5-6-10(2)8-12/h5-8,11H,4,9H2,1-3H3,(H,17,18)/t11-/m1/s1. The van der Waals surface area contributed by atoms with Gasteiger partial charge in [-0.05, 0) is 26.0 Å². The second-order valence-electron chi connectivity index (χ2n) is 4.45. The van der Waals surface area contributed by atoms with E-state index < -0.39 is 11.9 Å². The van der Waals surface area contributed by atoms with E-state index in [1.165, 1.54) is 0 Å². The van der Waals surface area contributed by atoms with E-state index in [1.807, 2.05) is 32.0 Å². The number of rotatable bonds is 5. The molecule has 1 aromatic rings. The molecule has 0 unspecified atom stereocenters. The average Bonchev–Trinajstić information content (AvgIpc) is 2.34. The van der Waals surface area contributed by atoms with Gasteiger partial charge >= 0.3 is 5.97 Å². The molecule has 0 heterocycles. The lowest BCUT2D eigenvalue weighted by atomic mass is 10.1. The van der Waals surface area contributed by atoms with Gasteiger partial charge in [-0.2, -0.15) is 0 Å². The highest BCUT2D eigenvalue weighted by molar-refractivity contribution is 5.94. The highest BCUT2D eigenvalue weighted by Crippen LogP contribution is 2.10. The summed E-state index contributed by atoms with van der Waals surface area (Å²) in [4.78, 5) is 24.6. The number of aryl methyl sites for hydroxylation is 1. The molecule has 0 radical (unpaired) electrons. The number of aliphatic carboxylic acids is 1. The maximum absolute atomic E-state index is 12.2. The van der Waals surface area contributed by atoms with Crippen molar-refractivity contribution in [2.75, 3.05) is 13.1 Å². The summed E-state index contributed by atoms with van der Waals surface area (Å²) in [6.07, 6.45) is 0. The maximum atomic E-state index is 12.2. The van der Waals surface area contributed by atoms with Crippen LogP contribution >= 0.6 is 0 Å². The summed E-state index contributed by atoms with van der Waals surface area (Å²) in [5.41, 5.74) is 1.62. The third-order valence-electron chi connectivity index (χ3n) is 2.85. The van der Waals surface area contributed by atoms with Crippen LogP contribution in [0.15, 0.2) is 24.3 Å². The molecule has 0 aliphatic rings. The van der Waals surface area contributed by atoms with Crippen LogP contribution in [0.3, 0.4) is 0 Å². The third-order valence-corrected chi connectivity index (χ3v) is 2.85. The number of hydrogen-bond acceptors (Lipinski definition) is 2. The average molecular weight is 249 g/mol. The summed E-state index contributed by atoms with van der Waals surface area (Å²) in [6.45, 7) is 6.12. The van der Waals surface area contributed by atoms with Crippen LogP contribution in [0.1, 0.15) is 29.8 Å². The Morgan fingerprint density at radius 2 is 2.06 bits per heavy atom. The molecule has 0 bridgehead atoms. The topological polar surface area (TPSA) is 57.6 Å². The Bertz CT molecular complexity index is 442. The molecule has 1 rings (SSSR count). The second kappa shape index (κ2) is 6.19. The predicted octanol–water partition coefficient (Wildman–Crippen LogP) is 2.18. The lowest BCUT2D eigenvalue weighted by Crippen LogP contribution is -2.36. The minimum atomic E-state index is -0.884.